The maximum absolute atomic E-state index is 2.42. The highest BCUT2D eigenvalue weighted by molar-refractivity contribution is 6.18. The molecule has 0 spiro atoms. The SMILES string of the molecule is c1ccc(-c2ccc(-n3c4ccccc4c4cc(-c5ccc6c(c5)c5ccccc5n6-c5cccc(-c6ccccc6)c5)ccc43)cc2)cc1.c1ccc(-n2c3ccccc3c3cc(-c4ccc5c(c4)c4ccccc4n5-c4cccc(-c5ccc6ccccc6c5)c4)ccc32)cc1.c1ccc(-n2c3ccccc3c3cc(-c4ccc5c(c4)c4ccccc4n5-c4cccc(-c5cccc6ccccc56)c4)ccc32)cc1. The Bertz CT molecular complexity index is 10400. The van der Waals surface area contributed by atoms with Crippen molar-refractivity contribution in [2.45, 2.75) is 0 Å². The van der Waals surface area contributed by atoms with Gasteiger partial charge in [-0.2, -0.15) is 0 Å². The van der Waals surface area contributed by atoms with Gasteiger partial charge < -0.3 is 27.4 Å². The number of rotatable bonds is 13. The second-order valence-electron chi connectivity index (χ2n) is 38.2. The van der Waals surface area contributed by atoms with E-state index in [2.05, 4.69) is 586 Å². The molecule has 0 aliphatic rings. The van der Waals surface area contributed by atoms with Crippen LogP contribution in [-0.2, 0) is 0 Å². The number of para-hydroxylation sites is 8. The van der Waals surface area contributed by atoms with Crippen LogP contribution in [0.4, 0.5) is 0 Å². The zero-order valence-corrected chi connectivity index (χ0v) is 79.8. The molecule has 0 fully saturated rings. The Morgan fingerprint density at radius 2 is 0.295 bits per heavy atom. The number of hydrogen-bond acceptors (Lipinski definition) is 0. The van der Waals surface area contributed by atoms with Gasteiger partial charge >= 0.3 is 0 Å². The van der Waals surface area contributed by atoms with E-state index < -0.39 is 0 Å². The summed E-state index contributed by atoms with van der Waals surface area (Å²) >= 11 is 0. The molecular formula is C140H92N6. The molecule has 0 radical (unpaired) electrons. The molecule has 24 aromatic carbocycles. The van der Waals surface area contributed by atoms with Crippen LogP contribution >= 0.6 is 0 Å². The molecule has 0 saturated heterocycles. The molecule has 146 heavy (non-hydrogen) atoms. The fraction of sp³-hybridized carbons (Fsp3) is 0. The van der Waals surface area contributed by atoms with Gasteiger partial charge in [-0.05, 0) is 287 Å². The summed E-state index contributed by atoms with van der Waals surface area (Å²) in [6, 6.07) is 203. The Morgan fingerprint density at radius 1 is 0.0890 bits per heavy atom. The molecule has 6 heteroatoms. The van der Waals surface area contributed by atoms with E-state index in [9.17, 15) is 0 Å². The number of fused-ring (bicyclic) bond motifs is 20. The molecule has 0 aliphatic heterocycles. The van der Waals surface area contributed by atoms with E-state index in [1.54, 1.807) is 0 Å². The Labute approximate surface area is 843 Å². The largest absolute Gasteiger partial charge is 0.309 e. The third kappa shape index (κ3) is 14.6. The van der Waals surface area contributed by atoms with Crippen molar-refractivity contribution in [2.75, 3.05) is 0 Å². The van der Waals surface area contributed by atoms with Crippen LogP contribution in [0.3, 0.4) is 0 Å². The lowest BCUT2D eigenvalue weighted by Crippen LogP contribution is -1.94. The number of hydrogen-bond donors (Lipinski definition) is 0. The van der Waals surface area contributed by atoms with Gasteiger partial charge in [0.1, 0.15) is 0 Å². The Morgan fingerprint density at radius 3 is 0.658 bits per heavy atom. The molecule has 682 valence electrons. The number of nitrogens with zero attached hydrogens (tertiary/aromatic N) is 6. The normalized spacial score (nSPS) is 11.7. The summed E-state index contributed by atoms with van der Waals surface area (Å²) in [4.78, 5) is 0. The van der Waals surface area contributed by atoms with E-state index in [0.717, 1.165) is 22.7 Å². The highest BCUT2D eigenvalue weighted by atomic mass is 15.0. The van der Waals surface area contributed by atoms with E-state index in [1.165, 1.54) is 242 Å². The maximum Gasteiger partial charge on any atom is 0.0541 e. The van der Waals surface area contributed by atoms with E-state index in [4.69, 9.17) is 0 Å². The fourth-order valence-corrected chi connectivity index (χ4v) is 23.1. The first kappa shape index (κ1) is 84.7. The van der Waals surface area contributed by atoms with Crippen LogP contribution in [0.1, 0.15) is 0 Å². The molecule has 6 nitrogen and oxygen atoms in total. The second kappa shape index (κ2) is 35.4. The summed E-state index contributed by atoms with van der Waals surface area (Å²) < 4.78 is 14.4. The van der Waals surface area contributed by atoms with E-state index in [-0.39, 0.29) is 0 Å². The van der Waals surface area contributed by atoms with Crippen molar-refractivity contribution in [3.63, 3.8) is 0 Å². The van der Waals surface area contributed by atoms with E-state index >= 15 is 0 Å². The molecule has 0 saturated carbocycles. The van der Waals surface area contributed by atoms with Gasteiger partial charge in [-0.25, -0.2) is 0 Å². The molecule has 30 aromatic rings. The van der Waals surface area contributed by atoms with Crippen molar-refractivity contribution in [1.29, 1.82) is 0 Å². The molecule has 0 amide bonds. The van der Waals surface area contributed by atoms with Crippen LogP contribution in [0.15, 0.2) is 558 Å². The van der Waals surface area contributed by atoms with Gasteiger partial charge in [0.2, 0.25) is 0 Å². The predicted octanol–water partition coefficient (Wildman–Crippen LogP) is 37.6. The first-order valence-corrected chi connectivity index (χ1v) is 50.2. The van der Waals surface area contributed by atoms with Crippen LogP contribution in [0.2, 0.25) is 0 Å². The number of aromatic nitrogens is 6. The standard InChI is InChI=1S/C48H32N2.2C46H30N2/c1-3-12-33(13-4-1)35-22-26-39(27-23-35)49-45-20-9-7-18-41(45)43-31-37(24-28-47(43)49)38-25-29-48-44(32-38)42-19-8-10-21-46(42)50(48)40-17-11-16-36(30-40)34-14-5-2-6-15-34;1-2-15-35(16-3-1)47-43-22-8-6-19-39(43)41-29-32(24-26-45(41)47)33-25-27-46-42(30-33)40-20-7-9-23-44(40)48(46)36-17-10-14-34(28-36)38-21-11-13-31-12-4-5-18-37(31)38;1-2-14-37(15-3-1)47-43-19-8-6-17-39(43)41-29-35(23-25-45(41)47)36-24-26-46-42(30-36)40-18-7-9-20-44(40)48(46)38-16-10-13-33(28-38)34-22-21-31-11-4-5-12-32(31)27-34/h1-32H;2*1-30H. The molecule has 6 aromatic heterocycles. The smallest absolute Gasteiger partial charge is 0.0541 e. The quantitative estimate of drug-likeness (QED) is 0.110. The molecule has 6 heterocycles. The Balaban J connectivity index is 0.000000106. The van der Waals surface area contributed by atoms with Crippen molar-refractivity contribution < 1.29 is 0 Å². The van der Waals surface area contributed by atoms with E-state index in [0.29, 0.717) is 0 Å². The van der Waals surface area contributed by atoms with Crippen molar-refractivity contribution in [3.05, 3.63) is 558 Å². The summed E-state index contributed by atoms with van der Waals surface area (Å²) in [7, 11) is 0. The van der Waals surface area contributed by atoms with Crippen molar-refractivity contribution >= 4 is 152 Å². The molecule has 0 atom stereocenters. The minimum Gasteiger partial charge on any atom is -0.309 e. The molecule has 0 bridgehead atoms. The maximum atomic E-state index is 2.42. The van der Waals surface area contributed by atoms with Crippen LogP contribution < -0.4 is 0 Å². The topological polar surface area (TPSA) is 29.6 Å². The van der Waals surface area contributed by atoms with Crippen LogP contribution in [0.25, 0.3) is 264 Å². The van der Waals surface area contributed by atoms with Gasteiger partial charge in [-0.3, -0.25) is 0 Å². The third-order valence-electron chi connectivity index (χ3n) is 29.9. The zero-order chi connectivity index (χ0) is 96.2. The van der Waals surface area contributed by atoms with E-state index in [1.807, 2.05) is 0 Å². The minimum atomic E-state index is 1.16. The van der Waals surface area contributed by atoms with Crippen LogP contribution in [0.5, 0.6) is 0 Å². The molecule has 30 rings (SSSR count). The van der Waals surface area contributed by atoms with Crippen LogP contribution in [-0.4, -0.2) is 27.4 Å². The van der Waals surface area contributed by atoms with Gasteiger partial charge in [-0.15, -0.1) is 0 Å². The average molecular weight is 1860 g/mol. The summed E-state index contributed by atoms with van der Waals surface area (Å²) in [5.41, 5.74) is 38.6. The lowest BCUT2D eigenvalue weighted by atomic mass is 9.98. The zero-order valence-electron chi connectivity index (χ0n) is 79.8. The average Bonchev–Trinajstić information content (AvgIpc) is 1.58. The molecule has 0 aliphatic carbocycles. The first-order valence-electron chi connectivity index (χ1n) is 50.2. The summed E-state index contributed by atoms with van der Waals surface area (Å²) in [6.45, 7) is 0. The predicted molar refractivity (Wildman–Crippen MR) is 618 cm³/mol. The monoisotopic (exact) mass is 1860 g/mol. The van der Waals surface area contributed by atoms with Gasteiger partial charge in [0.15, 0.2) is 0 Å². The molecule has 0 unspecified atom stereocenters. The van der Waals surface area contributed by atoms with Gasteiger partial charge in [-0.1, -0.05) is 370 Å². The fourth-order valence-electron chi connectivity index (χ4n) is 23.1. The van der Waals surface area contributed by atoms with Gasteiger partial charge in [0, 0.05) is 98.8 Å². The van der Waals surface area contributed by atoms with Gasteiger partial charge in [0.25, 0.3) is 0 Å². The highest BCUT2D eigenvalue weighted by Gasteiger charge is 2.24. The van der Waals surface area contributed by atoms with Crippen LogP contribution in [0, 0.1) is 0 Å². The summed E-state index contributed by atoms with van der Waals surface area (Å²) in [6.07, 6.45) is 0. The minimum absolute atomic E-state index is 1.16. The lowest BCUT2D eigenvalue weighted by molar-refractivity contribution is 1.18. The van der Waals surface area contributed by atoms with Gasteiger partial charge in [0.05, 0.1) is 66.2 Å². The summed E-state index contributed by atoms with van der Waals surface area (Å²) in [5, 5.41) is 20.2. The van der Waals surface area contributed by atoms with Crippen molar-refractivity contribution in [3.8, 4) is 112 Å². The third-order valence-corrected chi connectivity index (χ3v) is 29.9. The lowest BCUT2D eigenvalue weighted by Gasteiger charge is -2.12. The molecular weight excluding hydrogens is 1770 g/mol. The second-order valence-corrected chi connectivity index (χ2v) is 38.2. The number of benzene rings is 24. The Kier molecular flexibility index (Phi) is 20.5. The van der Waals surface area contributed by atoms with Crippen molar-refractivity contribution in [2.24, 2.45) is 0 Å². The Hall–Kier alpha value is -19.4. The molecule has 0 N–H and O–H groups in total. The van der Waals surface area contributed by atoms with Crippen molar-refractivity contribution in [1.82, 2.24) is 27.4 Å². The summed E-state index contributed by atoms with van der Waals surface area (Å²) in [5.74, 6) is 0. The first-order chi connectivity index (χ1) is 72.4. The highest BCUT2D eigenvalue weighted by Crippen LogP contribution is 2.46.